The molecule has 0 aliphatic carbocycles. The highest BCUT2D eigenvalue weighted by Gasteiger charge is 2.09. The van der Waals surface area contributed by atoms with Crippen LogP contribution in [-0.2, 0) is 13.6 Å². The molecule has 0 atom stereocenters. The predicted molar refractivity (Wildman–Crippen MR) is 69.3 cm³/mol. The van der Waals surface area contributed by atoms with Gasteiger partial charge in [-0.05, 0) is 26.0 Å². The maximum atomic E-state index is 6.03. The number of rotatable bonds is 3. The molecule has 0 fully saturated rings. The molecule has 0 unspecified atom stereocenters. The van der Waals surface area contributed by atoms with Crippen LogP contribution in [-0.4, -0.2) is 14.8 Å². The van der Waals surface area contributed by atoms with Crippen LogP contribution < -0.4 is 5.32 Å². The first-order valence-corrected chi connectivity index (χ1v) is 5.81. The Morgan fingerprint density at radius 2 is 2.18 bits per heavy atom. The molecule has 0 spiro atoms. The van der Waals surface area contributed by atoms with E-state index in [9.17, 15) is 0 Å². The van der Waals surface area contributed by atoms with Crippen LogP contribution in [0.2, 0.25) is 5.02 Å². The molecule has 90 valence electrons. The highest BCUT2D eigenvalue weighted by atomic mass is 35.5. The molecule has 1 N–H and O–H groups in total. The highest BCUT2D eigenvalue weighted by molar-refractivity contribution is 6.32. The van der Waals surface area contributed by atoms with Crippen molar-refractivity contribution >= 4 is 17.4 Å². The Labute approximate surface area is 106 Å². The molecule has 0 aromatic carbocycles. The van der Waals surface area contributed by atoms with Crippen LogP contribution in [0.25, 0.3) is 0 Å². The smallest absolute Gasteiger partial charge is 0.145 e. The zero-order valence-electron chi connectivity index (χ0n) is 10.2. The fraction of sp³-hybridized carbons (Fsp3) is 0.333. The van der Waals surface area contributed by atoms with E-state index in [-0.39, 0.29) is 0 Å². The summed E-state index contributed by atoms with van der Waals surface area (Å²) in [5, 5.41) is 8.23. The number of aryl methyl sites for hydroxylation is 2. The van der Waals surface area contributed by atoms with Crippen LogP contribution in [0.5, 0.6) is 0 Å². The number of nitrogens with one attached hydrogen (secondary N) is 1. The van der Waals surface area contributed by atoms with Crippen LogP contribution >= 0.6 is 11.6 Å². The second-order valence-corrected chi connectivity index (χ2v) is 4.37. The van der Waals surface area contributed by atoms with Gasteiger partial charge in [-0.3, -0.25) is 4.68 Å². The van der Waals surface area contributed by atoms with Gasteiger partial charge >= 0.3 is 0 Å². The summed E-state index contributed by atoms with van der Waals surface area (Å²) >= 11 is 6.03. The molecule has 0 saturated heterocycles. The van der Waals surface area contributed by atoms with Gasteiger partial charge in [-0.2, -0.15) is 5.10 Å². The Bertz CT molecular complexity index is 533. The van der Waals surface area contributed by atoms with Gasteiger partial charge in [-0.25, -0.2) is 4.98 Å². The second-order valence-electron chi connectivity index (χ2n) is 3.96. The summed E-state index contributed by atoms with van der Waals surface area (Å²) in [5.74, 6) is 0.705. The first-order valence-electron chi connectivity index (χ1n) is 5.43. The number of aromatic nitrogens is 3. The number of halogens is 1. The van der Waals surface area contributed by atoms with Crippen molar-refractivity contribution in [2.24, 2.45) is 7.05 Å². The SMILES string of the molecule is Cc1nn(C)c(C)c1CNc1ncccc1Cl. The number of anilines is 1. The first-order chi connectivity index (χ1) is 8.09. The van der Waals surface area contributed by atoms with Gasteiger partial charge in [0.2, 0.25) is 0 Å². The summed E-state index contributed by atoms with van der Waals surface area (Å²) in [6, 6.07) is 3.63. The molecule has 0 aliphatic rings. The van der Waals surface area contributed by atoms with E-state index in [4.69, 9.17) is 11.6 Å². The minimum atomic E-state index is 0.631. The zero-order valence-corrected chi connectivity index (χ0v) is 10.9. The highest BCUT2D eigenvalue weighted by Crippen LogP contribution is 2.19. The number of pyridine rings is 1. The van der Waals surface area contributed by atoms with Gasteiger partial charge in [-0.15, -0.1) is 0 Å². The molecule has 0 bridgehead atoms. The van der Waals surface area contributed by atoms with E-state index in [1.165, 1.54) is 5.56 Å². The van der Waals surface area contributed by atoms with Gasteiger partial charge in [-0.1, -0.05) is 11.6 Å². The number of nitrogens with zero attached hydrogens (tertiary/aromatic N) is 3. The Hall–Kier alpha value is -1.55. The molecule has 0 radical (unpaired) electrons. The monoisotopic (exact) mass is 250 g/mol. The second kappa shape index (κ2) is 4.75. The molecule has 2 rings (SSSR count). The van der Waals surface area contributed by atoms with Crippen LogP contribution in [0.4, 0.5) is 5.82 Å². The molecule has 2 aromatic rings. The lowest BCUT2D eigenvalue weighted by atomic mass is 10.2. The van der Waals surface area contributed by atoms with E-state index in [1.54, 1.807) is 6.20 Å². The fourth-order valence-corrected chi connectivity index (χ4v) is 1.95. The van der Waals surface area contributed by atoms with Crippen LogP contribution in [0.1, 0.15) is 17.0 Å². The molecular weight excluding hydrogens is 236 g/mol. The third kappa shape index (κ3) is 2.42. The van der Waals surface area contributed by atoms with Gasteiger partial charge in [0.05, 0.1) is 10.7 Å². The Morgan fingerprint density at radius 3 is 2.76 bits per heavy atom. The van der Waals surface area contributed by atoms with Crippen molar-refractivity contribution in [3.63, 3.8) is 0 Å². The van der Waals surface area contributed by atoms with Gasteiger partial charge < -0.3 is 5.32 Å². The lowest BCUT2D eigenvalue weighted by Crippen LogP contribution is -2.04. The van der Waals surface area contributed by atoms with Crippen molar-refractivity contribution in [2.45, 2.75) is 20.4 Å². The van der Waals surface area contributed by atoms with Crippen LogP contribution in [0, 0.1) is 13.8 Å². The average Bonchev–Trinajstić information content (AvgIpc) is 2.53. The average molecular weight is 251 g/mol. The van der Waals surface area contributed by atoms with E-state index >= 15 is 0 Å². The summed E-state index contributed by atoms with van der Waals surface area (Å²) in [5.41, 5.74) is 3.38. The van der Waals surface area contributed by atoms with Crippen molar-refractivity contribution in [3.05, 3.63) is 40.3 Å². The fourth-order valence-electron chi connectivity index (χ4n) is 1.76. The normalized spacial score (nSPS) is 10.6. The maximum Gasteiger partial charge on any atom is 0.145 e. The molecule has 0 saturated carbocycles. The number of hydrogen-bond acceptors (Lipinski definition) is 3. The van der Waals surface area contributed by atoms with Crippen molar-refractivity contribution in [3.8, 4) is 0 Å². The lowest BCUT2D eigenvalue weighted by Gasteiger charge is -2.07. The summed E-state index contributed by atoms with van der Waals surface area (Å²) in [6.07, 6.45) is 1.72. The summed E-state index contributed by atoms with van der Waals surface area (Å²) < 4.78 is 1.88. The van der Waals surface area contributed by atoms with E-state index in [1.807, 2.05) is 30.8 Å². The third-order valence-corrected chi connectivity index (χ3v) is 3.15. The lowest BCUT2D eigenvalue weighted by molar-refractivity contribution is 0.730. The minimum absolute atomic E-state index is 0.631. The van der Waals surface area contributed by atoms with Crippen molar-refractivity contribution in [2.75, 3.05) is 5.32 Å². The predicted octanol–water partition coefficient (Wildman–Crippen LogP) is 2.70. The molecular formula is C12H15ClN4. The van der Waals surface area contributed by atoms with Gasteiger partial charge in [0.15, 0.2) is 0 Å². The molecule has 17 heavy (non-hydrogen) atoms. The largest absolute Gasteiger partial charge is 0.365 e. The summed E-state index contributed by atoms with van der Waals surface area (Å²) in [4.78, 5) is 4.19. The molecule has 2 heterocycles. The van der Waals surface area contributed by atoms with E-state index in [0.717, 1.165) is 11.4 Å². The molecule has 0 aliphatic heterocycles. The number of hydrogen-bond donors (Lipinski definition) is 1. The maximum absolute atomic E-state index is 6.03. The summed E-state index contributed by atoms with van der Waals surface area (Å²) in [7, 11) is 1.94. The van der Waals surface area contributed by atoms with Gasteiger partial charge in [0.25, 0.3) is 0 Å². The molecule has 4 nitrogen and oxygen atoms in total. The standard InChI is InChI=1S/C12H15ClN4/c1-8-10(9(2)17(3)16-8)7-15-12-11(13)5-4-6-14-12/h4-6H,7H2,1-3H3,(H,14,15). The van der Waals surface area contributed by atoms with Crippen molar-refractivity contribution < 1.29 is 0 Å². The van der Waals surface area contributed by atoms with Crippen LogP contribution in [0.3, 0.4) is 0 Å². The van der Waals surface area contributed by atoms with Crippen LogP contribution in [0.15, 0.2) is 18.3 Å². The minimum Gasteiger partial charge on any atom is -0.365 e. The summed E-state index contributed by atoms with van der Waals surface area (Å²) in [6.45, 7) is 4.74. The van der Waals surface area contributed by atoms with Crippen molar-refractivity contribution in [1.29, 1.82) is 0 Å². The van der Waals surface area contributed by atoms with E-state index in [2.05, 4.69) is 22.3 Å². The topological polar surface area (TPSA) is 42.7 Å². The first kappa shape index (κ1) is 11.9. The molecule has 0 amide bonds. The Kier molecular flexibility index (Phi) is 3.33. The quantitative estimate of drug-likeness (QED) is 0.911. The van der Waals surface area contributed by atoms with Gasteiger partial charge in [0.1, 0.15) is 5.82 Å². The van der Waals surface area contributed by atoms with Crippen molar-refractivity contribution in [1.82, 2.24) is 14.8 Å². The Morgan fingerprint density at radius 1 is 1.41 bits per heavy atom. The molecule has 2 aromatic heterocycles. The Balaban J connectivity index is 2.15. The zero-order chi connectivity index (χ0) is 12.4. The van der Waals surface area contributed by atoms with E-state index < -0.39 is 0 Å². The third-order valence-electron chi connectivity index (χ3n) is 2.85. The molecule has 5 heteroatoms. The van der Waals surface area contributed by atoms with E-state index in [0.29, 0.717) is 17.4 Å². The van der Waals surface area contributed by atoms with Gasteiger partial charge in [0, 0.05) is 31.0 Å².